The predicted octanol–water partition coefficient (Wildman–Crippen LogP) is 6.76. The molecule has 0 radical (unpaired) electrons. The maximum absolute atomic E-state index is 13.3. The number of carbonyl (C=O) groups is 1. The number of rotatable bonds is 5. The monoisotopic (exact) mass is 558 g/mol. The minimum absolute atomic E-state index is 0.0415. The van der Waals surface area contributed by atoms with Crippen LogP contribution in [0.3, 0.4) is 0 Å². The zero-order chi connectivity index (χ0) is 26.9. The SMILES string of the molecule is O=C(Cc1cn(-c2cccc(C(F)(F)F)c2)nc1-c1ccc(Cl)c(Cl)c1)N1CCN(c2ccccc2)CC1. The van der Waals surface area contributed by atoms with E-state index in [9.17, 15) is 18.0 Å². The molecular weight excluding hydrogens is 536 g/mol. The Morgan fingerprint density at radius 1 is 0.842 bits per heavy atom. The quantitative estimate of drug-likeness (QED) is 0.272. The molecule has 0 N–H and O–H groups in total. The van der Waals surface area contributed by atoms with E-state index < -0.39 is 11.7 Å². The van der Waals surface area contributed by atoms with Gasteiger partial charge in [-0.05, 0) is 42.5 Å². The highest BCUT2D eigenvalue weighted by molar-refractivity contribution is 6.42. The second kappa shape index (κ2) is 10.7. The van der Waals surface area contributed by atoms with Gasteiger partial charge in [0.05, 0.1) is 33.4 Å². The average molecular weight is 559 g/mol. The Kier molecular flexibility index (Phi) is 7.36. The van der Waals surface area contributed by atoms with Crippen molar-refractivity contribution in [2.45, 2.75) is 12.6 Å². The molecule has 2 heterocycles. The summed E-state index contributed by atoms with van der Waals surface area (Å²) in [5.74, 6) is -0.0809. The van der Waals surface area contributed by atoms with E-state index in [2.05, 4.69) is 10.00 Å². The summed E-state index contributed by atoms with van der Waals surface area (Å²) in [7, 11) is 0. The average Bonchev–Trinajstić information content (AvgIpc) is 3.34. The van der Waals surface area contributed by atoms with Gasteiger partial charge >= 0.3 is 6.18 Å². The molecule has 1 amide bonds. The fourth-order valence-electron chi connectivity index (χ4n) is 4.51. The van der Waals surface area contributed by atoms with E-state index in [-0.39, 0.29) is 18.0 Å². The first-order chi connectivity index (χ1) is 18.2. The lowest BCUT2D eigenvalue weighted by atomic mass is 10.1. The summed E-state index contributed by atoms with van der Waals surface area (Å²) < 4.78 is 41.3. The van der Waals surface area contributed by atoms with Crippen LogP contribution in [-0.4, -0.2) is 46.8 Å². The maximum atomic E-state index is 13.3. The van der Waals surface area contributed by atoms with Gasteiger partial charge in [-0.2, -0.15) is 18.3 Å². The highest BCUT2D eigenvalue weighted by atomic mass is 35.5. The lowest BCUT2D eigenvalue weighted by Crippen LogP contribution is -2.49. The molecule has 5 rings (SSSR count). The topological polar surface area (TPSA) is 41.4 Å². The van der Waals surface area contributed by atoms with Crippen molar-refractivity contribution in [2.75, 3.05) is 31.1 Å². The number of carbonyl (C=O) groups excluding carboxylic acids is 1. The second-order valence-electron chi connectivity index (χ2n) is 9.00. The normalized spacial score (nSPS) is 14.1. The summed E-state index contributed by atoms with van der Waals surface area (Å²) >= 11 is 12.3. The van der Waals surface area contributed by atoms with Gasteiger partial charge in [-0.15, -0.1) is 0 Å². The number of hydrogen-bond donors (Lipinski definition) is 0. The molecule has 38 heavy (non-hydrogen) atoms. The molecule has 4 aromatic rings. The number of amides is 1. The fourth-order valence-corrected chi connectivity index (χ4v) is 4.81. The number of hydrogen-bond acceptors (Lipinski definition) is 3. The Labute approximate surface area is 228 Å². The van der Waals surface area contributed by atoms with Gasteiger partial charge in [-0.3, -0.25) is 4.79 Å². The number of para-hydroxylation sites is 1. The molecule has 10 heteroatoms. The zero-order valence-corrected chi connectivity index (χ0v) is 21.6. The van der Waals surface area contributed by atoms with Gasteiger partial charge in [0.1, 0.15) is 0 Å². The van der Waals surface area contributed by atoms with Crippen molar-refractivity contribution in [3.8, 4) is 16.9 Å². The summed E-state index contributed by atoms with van der Waals surface area (Å²) in [4.78, 5) is 17.4. The first-order valence-corrected chi connectivity index (χ1v) is 12.7. The van der Waals surface area contributed by atoms with Crippen molar-refractivity contribution in [3.63, 3.8) is 0 Å². The van der Waals surface area contributed by atoms with E-state index in [1.165, 1.54) is 16.8 Å². The van der Waals surface area contributed by atoms with Gasteiger partial charge in [0.15, 0.2) is 0 Å². The molecule has 196 valence electrons. The van der Waals surface area contributed by atoms with Crippen molar-refractivity contribution >= 4 is 34.8 Å². The van der Waals surface area contributed by atoms with Gasteiger partial charge in [-0.25, -0.2) is 4.68 Å². The minimum atomic E-state index is -4.49. The predicted molar refractivity (Wildman–Crippen MR) is 143 cm³/mol. The molecule has 5 nitrogen and oxygen atoms in total. The van der Waals surface area contributed by atoms with E-state index in [1.807, 2.05) is 30.3 Å². The van der Waals surface area contributed by atoms with Crippen LogP contribution >= 0.6 is 23.2 Å². The van der Waals surface area contributed by atoms with E-state index in [0.717, 1.165) is 17.8 Å². The van der Waals surface area contributed by atoms with Crippen LogP contribution in [0.2, 0.25) is 10.0 Å². The second-order valence-corrected chi connectivity index (χ2v) is 9.82. The lowest BCUT2D eigenvalue weighted by Gasteiger charge is -2.36. The largest absolute Gasteiger partial charge is 0.416 e. The molecule has 0 atom stereocenters. The lowest BCUT2D eigenvalue weighted by molar-refractivity contribution is -0.137. The van der Waals surface area contributed by atoms with Crippen LogP contribution in [-0.2, 0) is 17.4 Å². The summed E-state index contributed by atoms with van der Waals surface area (Å²) in [6, 6.07) is 19.9. The van der Waals surface area contributed by atoms with Crippen molar-refractivity contribution in [2.24, 2.45) is 0 Å². The van der Waals surface area contributed by atoms with E-state index >= 15 is 0 Å². The summed E-state index contributed by atoms with van der Waals surface area (Å²) in [5.41, 5.74) is 2.21. The summed E-state index contributed by atoms with van der Waals surface area (Å²) in [6.07, 6.45) is -2.85. The number of aromatic nitrogens is 2. The molecular formula is C28H23Cl2F3N4O. The molecule has 0 saturated carbocycles. The van der Waals surface area contributed by atoms with Gasteiger partial charge < -0.3 is 9.80 Å². The smallest absolute Gasteiger partial charge is 0.368 e. The molecule has 0 spiro atoms. The van der Waals surface area contributed by atoms with Crippen molar-refractivity contribution in [1.82, 2.24) is 14.7 Å². The van der Waals surface area contributed by atoms with Crippen molar-refractivity contribution < 1.29 is 18.0 Å². The number of alkyl halides is 3. The third kappa shape index (κ3) is 5.66. The Morgan fingerprint density at radius 3 is 2.24 bits per heavy atom. The maximum Gasteiger partial charge on any atom is 0.416 e. The molecule has 3 aromatic carbocycles. The molecule has 1 aliphatic heterocycles. The van der Waals surface area contributed by atoms with Gasteiger partial charge in [0.2, 0.25) is 5.91 Å². The number of benzene rings is 3. The van der Waals surface area contributed by atoms with Gasteiger partial charge in [0.25, 0.3) is 0 Å². The van der Waals surface area contributed by atoms with Crippen molar-refractivity contribution in [3.05, 3.63) is 100 Å². The third-order valence-corrected chi connectivity index (χ3v) is 7.26. The Hall–Kier alpha value is -3.49. The molecule has 1 aromatic heterocycles. The van der Waals surface area contributed by atoms with Crippen molar-refractivity contribution in [1.29, 1.82) is 0 Å². The molecule has 1 saturated heterocycles. The Morgan fingerprint density at radius 2 is 1.55 bits per heavy atom. The van der Waals surface area contributed by atoms with Crippen LogP contribution in [0, 0.1) is 0 Å². The van der Waals surface area contributed by atoms with Crippen LogP contribution in [0.5, 0.6) is 0 Å². The molecule has 1 aliphatic rings. The molecule has 1 fully saturated rings. The number of anilines is 1. The van der Waals surface area contributed by atoms with Crippen LogP contribution in [0.25, 0.3) is 16.9 Å². The molecule has 0 aliphatic carbocycles. The number of nitrogens with zero attached hydrogens (tertiary/aromatic N) is 4. The van der Waals surface area contributed by atoms with Crippen LogP contribution in [0.1, 0.15) is 11.1 Å². The Balaban J connectivity index is 1.42. The minimum Gasteiger partial charge on any atom is -0.368 e. The first-order valence-electron chi connectivity index (χ1n) is 12.0. The fraction of sp³-hybridized carbons (Fsp3) is 0.214. The Bertz CT molecular complexity index is 1450. The number of halogens is 5. The summed E-state index contributed by atoms with van der Waals surface area (Å²) in [5, 5.41) is 5.24. The third-order valence-electron chi connectivity index (χ3n) is 6.52. The van der Waals surface area contributed by atoms with Crippen LogP contribution in [0.4, 0.5) is 18.9 Å². The van der Waals surface area contributed by atoms with Crippen LogP contribution < -0.4 is 4.90 Å². The van der Waals surface area contributed by atoms with E-state index in [0.29, 0.717) is 53.0 Å². The standard InChI is InChI=1S/C28H23Cl2F3N4O/c29-24-10-9-19(15-25(24)30)27-20(18-37(34-27)23-8-4-5-21(17-23)28(31,32)33)16-26(38)36-13-11-35(12-14-36)22-6-2-1-3-7-22/h1-10,15,17-18H,11-14,16H2. The van der Waals surface area contributed by atoms with E-state index in [4.69, 9.17) is 23.2 Å². The van der Waals surface area contributed by atoms with Gasteiger partial charge in [-0.1, -0.05) is 53.5 Å². The van der Waals surface area contributed by atoms with Gasteiger partial charge in [0, 0.05) is 49.2 Å². The van der Waals surface area contributed by atoms with Crippen LogP contribution in [0.15, 0.2) is 79.0 Å². The molecule has 0 bridgehead atoms. The highest BCUT2D eigenvalue weighted by Crippen LogP contribution is 2.33. The molecule has 0 unspecified atom stereocenters. The first kappa shape index (κ1) is 26.1. The zero-order valence-electron chi connectivity index (χ0n) is 20.1. The highest BCUT2D eigenvalue weighted by Gasteiger charge is 2.31. The summed E-state index contributed by atoms with van der Waals surface area (Å²) in [6.45, 7) is 2.55. The number of piperazine rings is 1. The van der Waals surface area contributed by atoms with E-state index in [1.54, 1.807) is 29.3 Å².